The Morgan fingerprint density at radius 2 is 2.04 bits per heavy atom. The monoisotopic (exact) mass is 307 g/mol. The molecule has 5 nitrogen and oxygen atoms in total. The van der Waals surface area contributed by atoms with Crippen LogP contribution in [-0.2, 0) is 13.5 Å². The first-order chi connectivity index (χ1) is 11.1. The number of hydrogen-bond donors (Lipinski definition) is 0. The summed E-state index contributed by atoms with van der Waals surface area (Å²) in [6.07, 6.45) is 2.94. The van der Waals surface area contributed by atoms with E-state index in [0.717, 1.165) is 34.5 Å². The molecule has 3 heterocycles. The minimum atomic E-state index is -0.349. The molecule has 4 rings (SSSR count). The molecule has 0 radical (unpaired) electrons. The minimum Gasteiger partial charge on any atom is -0.408 e. The molecule has 0 amide bonds. The number of imidazole rings is 1. The smallest absolute Gasteiger partial charge is 0.408 e. The molecule has 0 unspecified atom stereocenters. The fraction of sp³-hybridized carbons (Fsp3) is 0.222. The van der Waals surface area contributed by atoms with Crippen molar-refractivity contribution < 1.29 is 4.42 Å². The van der Waals surface area contributed by atoms with Crippen LogP contribution in [0.5, 0.6) is 0 Å². The number of nitrogens with zero attached hydrogens (tertiary/aromatic N) is 3. The van der Waals surface area contributed by atoms with Crippen LogP contribution >= 0.6 is 0 Å². The Hall–Kier alpha value is -2.82. The summed E-state index contributed by atoms with van der Waals surface area (Å²) in [7, 11) is 1.71. The lowest BCUT2D eigenvalue weighted by atomic mass is 10.1. The minimum absolute atomic E-state index is 0.349. The largest absolute Gasteiger partial charge is 0.419 e. The van der Waals surface area contributed by atoms with Crippen molar-refractivity contribution in [2.75, 3.05) is 0 Å². The SMILES string of the molecule is CCc1c(-c2ccc3oc(=O)n(C)c3c2)nc2cc(C)ccn12. The number of fused-ring (bicyclic) bond motifs is 2. The normalized spacial score (nSPS) is 11.6. The third-order valence-electron chi connectivity index (χ3n) is 4.28. The van der Waals surface area contributed by atoms with Gasteiger partial charge in [-0.3, -0.25) is 4.57 Å². The van der Waals surface area contributed by atoms with E-state index >= 15 is 0 Å². The van der Waals surface area contributed by atoms with E-state index in [4.69, 9.17) is 9.40 Å². The average molecular weight is 307 g/mol. The molecule has 0 aliphatic heterocycles. The molecule has 0 bridgehead atoms. The first kappa shape index (κ1) is 13.8. The molecule has 0 fully saturated rings. The van der Waals surface area contributed by atoms with Crippen LogP contribution in [0.25, 0.3) is 28.0 Å². The summed E-state index contributed by atoms with van der Waals surface area (Å²) < 4.78 is 8.85. The Bertz CT molecular complexity index is 1100. The van der Waals surface area contributed by atoms with E-state index in [9.17, 15) is 4.79 Å². The molecular formula is C18H17N3O2. The Balaban J connectivity index is 2.01. The van der Waals surface area contributed by atoms with E-state index in [1.54, 1.807) is 7.05 Å². The van der Waals surface area contributed by atoms with Crippen molar-refractivity contribution >= 4 is 16.7 Å². The second-order valence-electron chi connectivity index (χ2n) is 5.80. The summed E-state index contributed by atoms with van der Waals surface area (Å²) in [5.74, 6) is -0.349. The molecule has 0 aliphatic carbocycles. The molecule has 0 saturated heterocycles. The van der Waals surface area contributed by atoms with Crippen molar-refractivity contribution in [1.29, 1.82) is 0 Å². The molecule has 3 aromatic heterocycles. The first-order valence-electron chi connectivity index (χ1n) is 7.66. The van der Waals surface area contributed by atoms with Crippen LogP contribution in [0.3, 0.4) is 0 Å². The van der Waals surface area contributed by atoms with Crippen LogP contribution in [0.15, 0.2) is 45.7 Å². The molecule has 4 aromatic rings. The quantitative estimate of drug-likeness (QED) is 0.571. The fourth-order valence-electron chi connectivity index (χ4n) is 3.04. The fourth-order valence-corrected chi connectivity index (χ4v) is 3.04. The highest BCUT2D eigenvalue weighted by molar-refractivity contribution is 5.81. The Morgan fingerprint density at radius 3 is 2.83 bits per heavy atom. The van der Waals surface area contributed by atoms with Crippen molar-refractivity contribution in [2.45, 2.75) is 20.3 Å². The van der Waals surface area contributed by atoms with E-state index in [1.165, 1.54) is 10.1 Å². The van der Waals surface area contributed by atoms with E-state index < -0.39 is 0 Å². The van der Waals surface area contributed by atoms with Gasteiger partial charge in [0.1, 0.15) is 5.65 Å². The summed E-state index contributed by atoms with van der Waals surface area (Å²) >= 11 is 0. The van der Waals surface area contributed by atoms with Crippen molar-refractivity contribution in [3.05, 3.63) is 58.3 Å². The second-order valence-corrected chi connectivity index (χ2v) is 5.80. The molecule has 116 valence electrons. The number of aryl methyl sites for hydroxylation is 3. The van der Waals surface area contributed by atoms with Crippen LogP contribution in [-0.4, -0.2) is 14.0 Å². The lowest BCUT2D eigenvalue weighted by molar-refractivity contribution is 0.528. The predicted molar refractivity (Wildman–Crippen MR) is 89.8 cm³/mol. The van der Waals surface area contributed by atoms with Crippen LogP contribution in [0, 0.1) is 6.92 Å². The van der Waals surface area contributed by atoms with Crippen molar-refractivity contribution in [1.82, 2.24) is 14.0 Å². The number of hydrogen-bond acceptors (Lipinski definition) is 3. The molecular weight excluding hydrogens is 290 g/mol. The number of pyridine rings is 1. The zero-order valence-electron chi connectivity index (χ0n) is 13.3. The van der Waals surface area contributed by atoms with Crippen LogP contribution in [0.2, 0.25) is 0 Å². The van der Waals surface area contributed by atoms with Gasteiger partial charge in [-0.2, -0.15) is 0 Å². The third kappa shape index (κ3) is 2.00. The molecule has 0 saturated carbocycles. The first-order valence-corrected chi connectivity index (χ1v) is 7.66. The van der Waals surface area contributed by atoms with Gasteiger partial charge < -0.3 is 8.82 Å². The molecule has 1 aromatic carbocycles. The summed E-state index contributed by atoms with van der Waals surface area (Å²) in [6.45, 7) is 4.19. The molecule has 23 heavy (non-hydrogen) atoms. The molecule has 0 N–H and O–H groups in total. The van der Waals surface area contributed by atoms with Gasteiger partial charge in [-0.1, -0.05) is 6.92 Å². The van der Waals surface area contributed by atoms with Gasteiger partial charge in [-0.05, 0) is 49.2 Å². The summed E-state index contributed by atoms with van der Waals surface area (Å²) in [4.78, 5) is 16.5. The highest BCUT2D eigenvalue weighted by atomic mass is 16.4. The Labute approximate surface area is 132 Å². The van der Waals surface area contributed by atoms with E-state index in [-0.39, 0.29) is 5.76 Å². The van der Waals surface area contributed by atoms with Gasteiger partial charge in [0, 0.05) is 18.8 Å². The highest BCUT2D eigenvalue weighted by Gasteiger charge is 2.15. The van der Waals surface area contributed by atoms with Crippen molar-refractivity contribution in [3.8, 4) is 11.3 Å². The van der Waals surface area contributed by atoms with Gasteiger partial charge in [0.25, 0.3) is 0 Å². The van der Waals surface area contributed by atoms with Crippen LogP contribution in [0.1, 0.15) is 18.2 Å². The van der Waals surface area contributed by atoms with Gasteiger partial charge in [0.15, 0.2) is 5.58 Å². The summed E-state index contributed by atoms with van der Waals surface area (Å²) in [6, 6.07) is 9.92. The Morgan fingerprint density at radius 1 is 1.22 bits per heavy atom. The van der Waals surface area contributed by atoms with Crippen molar-refractivity contribution in [2.24, 2.45) is 7.05 Å². The van der Waals surface area contributed by atoms with Gasteiger partial charge in [-0.15, -0.1) is 0 Å². The lowest BCUT2D eigenvalue weighted by Gasteiger charge is -2.03. The standard InChI is InChI=1S/C18H17N3O2/c1-4-13-17(19-16-9-11(2)7-8-21(13)16)12-5-6-15-14(10-12)20(3)18(22)23-15/h5-10H,4H2,1-3H3. The topological polar surface area (TPSA) is 52.4 Å². The third-order valence-corrected chi connectivity index (χ3v) is 4.28. The van der Waals surface area contributed by atoms with E-state index in [2.05, 4.69) is 36.6 Å². The number of benzene rings is 1. The van der Waals surface area contributed by atoms with Gasteiger partial charge >= 0.3 is 5.76 Å². The van der Waals surface area contributed by atoms with Gasteiger partial charge in [0.05, 0.1) is 16.9 Å². The van der Waals surface area contributed by atoms with Crippen molar-refractivity contribution in [3.63, 3.8) is 0 Å². The van der Waals surface area contributed by atoms with E-state index in [1.807, 2.05) is 18.2 Å². The highest BCUT2D eigenvalue weighted by Crippen LogP contribution is 2.28. The number of rotatable bonds is 2. The zero-order valence-corrected chi connectivity index (χ0v) is 13.3. The van der Waals surface area contributed by atoms with Gasteiger partial charge in [-0.25, -0.2) is 9.78 Å². The number of oxazole rings is 1. The zero-order chi connectivity index (χ0) is 16.1. The lowest BCUT2D eigenvalue weighted by Crippen LogP contribution is -2.08. The molecule has 5 heteroatoms. The molecule has 0 aliphatic rings. The van der Waals surface area contributed by atoms with Crippen LogP contribution in [0.4, 0.5) is 0 Å². The maximum Gasteiger partial charge on any atom is 0.419 e. The average Bonchev–Trinajstić information content (AvgIpc) is 3.04. The van der Waals surface area contributed by atoms with E-state index in [0.29, 0.717) is 5.58 Å². The maximum atomic E-state index is 11.7. The number of aromatic nitrogens is 3. The molecule has 0 spiro atoms. The Kier molecular flexibility index (Phi) is 2.91. The summed E-state index contributed by atoms with van der Waals surface area (Å²) in [5.41, 5.74) is 6.61. The maximum absolute atomic E-state index is 11.7. The van der Waals surface area contributed by atoms with Gasteiger partial charge in [0.2, 0.25) is 0 Å². The molecule has 0 atom stereocenters. The van der Waals surface area contributed by atoms with Crippen LogP contribution < -0.4 is 5.76 Å². The predicted octanol–water partition coefficient (Wildman–Crippen LogP) is 3.32. The second kappa shape index (κ2) is 4.84. The summed E-state index contributed by atoms with van der Waals surface area (Å²) in [5, 5.41) is 0.